The molecule has 4 heteroatoms. The number of ether oxygens (including phenoxy) is 1. The van der Waals surface area contributed by atoms with Gasteiger partial charge in [-0.15, -0.1) is 12.4 Å². The van der Waals surface area contributed by atoms with E-state index >= 15 is 0 Å². The number of carbonyl (C=O) groups excluding carboxylic acids is 1. The van der Waals surface area contributed by atoms with Crippen molar-refractivity contribution in [3.63, 3.8) is 0 Å². The fourth-order valence-electron chi connectivity index (χ4n) is 1.49. The van der Waals surface area contributed by atoms with Crippen LogP contribution in [0.1, 0.15) is 41.7 Å². The first-order valence-electron chi connectivity index (χ1n) is 5.13. The van der Waals surface area contributed by atoms with E-state index in [0.29, 0.717) is 5.56 Å². The Morgan fingerprint density at radius 2 is 2.19 bits per heavy atom. The van der Waals surface area contributed by atoms with Crippen molar-refractivity contribution < 1.29 is 9.53 Å². The summed E-state index contributed by atoms with van der Waals surface area (Å²) in [6.07, 6.45) is 1.95. The van der Waals surface area contributed by atoms with E-state index in [4.69, 9.17) is 5.73 Å². The van der Waals surface area contributed by atoms with Crippen LogP contribution in [0.4, 0.5) is 0 Å². The van der Waals surface area contributed by atoms with E-state index in [2.05, 4.69) is 11.7 Å². The molecule has 0 aromatic heterocycles. The van der Waals surface area contributed by atoms with Crippen LogP contribution in [-0.2, 0) is 4.74 Å². The summed E-state index contributed by atoms with van der Waals surface area (Å²) in [5.74, 6) is -0.319. The zero-order chi connectivity index (χ0) is 11.3. The molecule has 2 N–H and O–H groups in total. The van der Waals surface area contributed by atoms with Gasteiger partial charge in [0.1, 0.15) is 0 Å². The number of esters is 1. The van der Waals surface area contributed by atoms with Gasteiger partial charge in [-0.3, -0.25) is 0 Å². The lowest BCUT2D eigenvalue weighted by molar-refractivity contribution is 0.0600. The molecule has 0 radical (unpaired) electrons. The lowest BCUT2D eigenvalue weighted by Gasteiger charge is -2.11. The molecule has 90 valence electrons. The molecule has 0 bridgehead atoms. The fourth-order valence-corrected chi connectivity index (χ4v) is 1.49. The van der Waals surface area contributed by atoms with E-state index in [0.717, 1.165) is 18.4 Å². The molecular formula is C12H18ClNO2. The van der Waals surface area contributed by atoms with Gasteiger partial charge in [0, 0.05) is 6.04 Å². The van der Waals surface area contributed by atoms with Crippen molar-refractivity contribution >= 4 is 18.4 Å². The highest BCUT2D eigenvalue weighted by Gasteiger charge is 2.09. The van der Waals surface area contributed by atoms with E-state index in [1.54, 1.807) is 12.1 Å². The maximum atomic E-state index is 11.3. The van der Waals surface area contributed by atoms with Crippen LogP contribution in [0.25, 0.3) is 0 Å². The molecular weight excluding hydrogens is 226 g/mol. The molecule has 1 aromatic carbocycles. The molecule has 0 aliphatic heterocycles. The largest absolute Gasteiger partial charge is 0.465 e. The van der Waals surface area contributed by atoms with Crippen LogP contribution in [0.5, 0.6) is 0 Å². The van der Waals surface area contributed by atoms with Crippen LogP contribution in [-0.4, -0.2) is 13.1 Å². The monoisotopic (exact) mass is 243 g/mol. The minimum Gasteiger partial charge on any atom is -0.465 e. The Morgan fingerprint density at radius 3 is 2.75 bits per heavy atom. The second kappa shape index (κ2) is 7.25. The van der Waals surface area contributed by atoms with Gasteiger partial charge in [0.2, 0.25) is 0 Å². The molecule has 0 unspecified atom stereocenters. The number of halogens is 1. The average molecular weight is 244 g/mol. The Labute approximate surface area is 102 Å². The molecule has 1 aromatic rings. The lowest BCUT2D eigenvalue weighted by Crippen LogP contribution is -2.11. The Balaban J connectivity index is 0.00000225. The van der Waals surface area contributed by atoms with Crippen LogP contribution in [0.2, 0.25) is 0 Å². The summed E-state index contributed by atoms with van der Waals surface area (Å²) in [4.78, 5) is 11.3. The maximum Gasteiger partial charge on any atom is 0.337 e. The zero-order valence-corrected chi connectivity index (χ0v) is 10.4. The van der Waals surface area contributed by atoms with Crippen molar-refractivity contribution in [1.29, 1.82) is 0 Å². The van der Waals surface area contributed by atoms with Gasteiger partial charge in [0.25, 0.3) is 0 Å². The molecule has 1 atom stereocenters. The van der Waals surface area contributed by atoms with Gasteiger partial charge in [-0.1, -0.05) is 25.5 Å². The SMILES string of the molecule is CCC[C@@H](N)c1cccc(C(=O)OC)c1.Cl. The third-order valence-corrected chi connectivity index (χ3v) is 2.34. The third-order valence-electron chi connectivity index (χ3n) is 2.34. The van der Waals surface area contributed by atoms with Crippen LogP contribution < -0.4 is 5.73 Å². The second-order valence-corrected chi connectivity index (χ2v) is 3.51. The summed E-state index contributed by atoms with van der Waals surface area (Å²) in [7, 11) is 1.38. The number of methoxy groups -OCH3 is 1. The van der Waals surface area contributed by atoms with Gasteiger partial charge in [-0.2, -0.15) is 0 Å². The van der Waals surface area contributed by atoms with Crippen molar-refractivity contribution in [1.82, 2.24) is 0 Å². The predicted molar refractivity (Wildman–Crippen MR) is 66.9 cm³/mol. The summed E-state index contributed by atoms with van der Waals surface area (Å²) in [5, 5.41) is 0. The molecule has 0 aliphatic rings. The van der Waals surface area contributed by atoms with Crippen molar-refractivity contribution in [2.75, 3.05) is 7.11 Å². The van der Waals surface area contributed by atoms with Gasteiger partial charge >= 0.3 is 5.97 Å². The molecule has 0 fully saturated rings. The minimum atomic E-state index is -0.319. The van der Waals surface area contributed by atoms with E-state index in [1.807, 2.05) is 12.1 Å². The summed E-state index contributed by atoms with van der Waals surface area (Å²) in [6, 6.07) is 7.30. The number of carbonyl (C=O) groups is 1. The van der Waals surface area contributed by atoms with E-state index in [9.17, 15) is 4.79 Å². The Kier molecular flexibility index (Phi) is 6.77. The van der Waals surface area contributed by atoms with Crippen molar-refractivity contribution in [2.45, 2.75) is 25.8 Å². The van der Waals surface area contributed by atoms with Crippen LogP contribution >= 0.6 is 12.4 Å². The van der Waals surface area contributed by atoms with Gasteiger partial charge in [0.05, 0.1) is 12.7 Å². The normalized spacial score (nSPS) is 11.4. The fraction of sp³-hybridized carbons (Fsp3) is 0.417. The first kappa shape index (κ1) is 14.9. The lowest BCUT2D eigenvalue weighted by atomic mass is 10.0. The minimum absolute atomic E-state index is 0. The molecule has 0 heterocycles. The Bertz CT molecular complexity index is 342. The van der Waals surface area contributed by atoms with Crippen molar-refractivity contribution in [3.8, 4) is 0 Å². The molecule has 0 spiro atoms. The summed E-state index contributed by atoms with van der Waals surface area (Å²) >= 11 is 0. The number of nitrogens with two attached hydrogens (primary N) is 1. The molecule has 16 heavy (non-hydrogen) atoms. The van der Waals surface area contributed by atoms with Gasteiger partial charge in [-0.05, 0) is 24.1 Å². The summed E-state index contributed by atoms with van der Waals surface area (Å²) < 4.78 is 4.65. The Hall–Kier alpha value is -1.06. The Morgan fingerprint density at radius 1 is 1.50 bits per heavy atom. The highest BCUT2D eigenvalue weighted by Crippen LogP contribution is 2.17. The quantitative estimate of drug-likeness (QED) is 0.828. The molecule has 3 nitrogen and oxygen atoms in total. The predicted octanol–water partition coefficient (Wildman–Crippen LogP) is 2.69. The molecule has 0 amide bonds. The maximum absolute atomic E-state index is 11.3. The van der Waals surface area contributed by atoms with E-state index < -0.39 is 0 Å². The second-order valence-electron chi connectivity index (χ2n) is 3.51. The molecule has 0 saturated carbocycles. The molecule has 0 saturated heterocycles. The first-order valence-corrected chi connectivity index (χ1v) is 5.13. The highest BCUT2D eigenvalue weighted by molar-refractivity contribution is 5.89. The van der Waals surface area contributed by atoms with Crippen molar-refractivity contribution in [2.24, 2.45) is 5.73 Å². The van der Waals surface area contributed by atoms with Gasteiger partial charge < -0.3 is 10.5 Å². The number of rotatable bonds is 4. The molecule has 0 aliphatic carbocycles. The van der Waals surface area contributed by atoms with Crippen LogP contribution in [0.3, 0.4) is 0 Å². The standard InChI is InChI=1S/C12H17NO2.ClH/c1-3-5-11(13)9-6-4-7-10(8-9)12(14)15-2;/h4,6-8,11H,3,5,13H2,1-2H3;1H/t11-;/m1./s1. The van der Waals surface area contributed by atoms with Crippen LogP contribution in [0.15, 0.2) is 24.3 Å². The van der Waals surface area contributed by atoms with E-state index in [1.165, 1.54) is 7.11 Å². The first-order chi connectivity index (χ1) is 7.19. The number of hydrogen-bond donors (Lipinski definition) is 1. The summed E-state index contributed by atoms with van der Waals surface area (Å²) in [6.45, 7) is 2.09. The zero-order valence-electron chi connectivity index (χ0n) is 9.60. The smallest absolute Gasteiger partial charge is 0.337 e. The summed E-state index contributed by atoms with van der Waals surface area (Å²) in [5.41, 5.74) is 7.51. The van der Waals surface area contributed by atoms with Crippen LogP contribution in [0, 0.1) is 0 Å². The number of hydrogen-bond acceptors (Lipinski definition) is 3. The average Bonchev–Trinajstić information content (AvgIpc) is 2.28. The van der Waals surface area contributed by atoms with Crippen molar-refractivity contribution in [3.05, 3.63) is 35.4 Å². The van der Waals surface area contributed by atoms with Gasteiger partial charge in [0.15, 0.2) is 0 Å². The topological polar surface area (TPSA) is 52.3 Å². The van der Waals surface area contributed by atoms with E-state index in [-0.39, 0.29) is 24.4 Å². The highest BCUT2D eigenvalue weighted by atomic mass is 35.5. The number of benzene rings is 1. The van der Waals surface area contributed by atoms with Gasteiger partial charge in [-0.25, -0.2) is 4.79 Å². The molecule has 1 rings (SSSR count). The third kappa shape index (κ3) is 3.83.